The van der Waals surface area contributed by atoms with Gasteiger partial charge in [-0.3, -0.25) is 9.59 Å². The molecule has 2 amide bonds. The van der Waals surface area contributed by atoms with Gasteiger partial charge in [-0.25, -0.2) is 0 Å². The summed E-state index contributed by atoms with van der Waals surface area (Å²) in [5.41, 5.74) is 0.969. The highest BCUT2D eigenvalue weighted by molar-refractivity contribution is 6.34. The number of rotatable bonds is 5. The lowest BCUT2D eigenvalue weighted by Gasteiger charge is -2.16. The lowest BCUT2D eigenvalue weighted by atomic mass is 10.2. The van der Waals surface area contributed by atoms with Gasteiger partial charge in [0, 0.05) is 26.7 Å². The number of aliphatic hydroxyl groups excluding tert-OH is 1. The Morgan fingerprint density at radius 3 is 2.56 bits per heavy atom. The summed E-state index contributed by atoms with van der Waals surface area (Å²) in [6, 6.07) is 9.46. The predicted molar refractivity (Wildman–Crippen MR) is 67.6 cm³/mol. The summed E-state index contributed by atoms with van der Waals surface area (Å²) in [7, 11) is 1.58. The van der Waals surface area contributed by atoms with Crippen LogP contribution in [0.25, 0.3) is 0 Å². The minimum atomic E-state index is -0.637. The van der Waals surface area contributed by atoms with Gasteiger partial charge < -0.3 is 15.3 Å². The van der Waals surface area contributed by atoms with Gasteiger partial charge >= 0.3 is 11.8 Å². The Bertz CT molecular complexity index is 392. The van der Waals surface area contributed by atoms with E-state index >= 15 is 0 Å². The van der Waals surface area contributed by atoms with Crippen LogP contribution in [0.5, 0.6) is 0 Å². The number of amides is 2. The lowest BCUT2D eigenvalue weighted by Crippen LogP contribution is -2.41. The van der Waals surface area contributed by atoms with E-state index in [1.54, 1.807) is 7.05 Å². The molecule has 0 radical (unpaired) electrons. The van der Waals surface area contributed by atoms with Crippen molar-refractivity contribution in [2.75, 3.05) is 20.2 Å². The first-order chi connectivity index (χ1) is 8.65. The molecule has 0 fully saturated rings. The average Bonchev–Trinajstić information content (AvgIpc) is 2.39. The highest BCUT2D eigenvalue weighted by atomic mass is 16.3. The summed E-state index contributed by atoms with van der Waals surface area (Å²) in [4.78, 5) is 24.5. The number of benzene rings is 1. The van der Waals surface area contributed by atoms with E-state index in [1.807, 2.05) is 30.3 Å². The minimum Gasteiger partial charge on any atom is -0.396 e. The summed E-state index contributed by atoms with van der Waals surface area (Å²) in [5.74, 6) is -1.21. The molecule has 0 unspecified atom stereocenters. The average molecular weight is 250 g/mol. The molecule has 2 N–H and O–H groups in total. The van der Waals surface area contributed by atoms with E-state index in [9.17, 15) is 9.59 Å². The van der Waals surface area contributed by atoms with Gasteiger partial charge in [-0.1, -0.05) is 30.3 Å². The highest BCUT2D eigenvalue weighted by Crippen LogP contribution is 2.02. The Morgan fingerprint density at radius 2 is 1.94 bits per heavy atom. The van der Waals surface area contributed by atoms with Crippen LogP contribution >= 0.6 is 0 Å². The molecule has 0 saturated heterocycles. The second-order valence-electron chi connectivity index (χ2n) is 3.98. The van der Waals surface area contributed by atoms with Crippen LogP contribution in [0, 0.1) is 0 Å². The summed E-state index contributed by atoms with van der Waals surface area (Å²) in [6.07, 6.45) is 0.446. The summed E-state index contributed by atoms with van der Waals surface area (Å²) < 4.78 is 0. The van der Waals surface area contributed by atoms with Crippen LogP contribution in [0.15, 0.2) is 30.3 Å². The molecule has 98 valence electrons. The first-order valence-electron chi connectivity index (χ1n) is 5.83. The van der Waals surface area contributed by atoms with Gasteiger partial charge in [0.15, 0.2) is 0 Å². The summed E-state index contributed by atoms with van der Waals surface area (Å²) in [6.45, 7) is 0.696. The van der Waals surface area contributed by atoms with Crippen molar-refractivity contribution in [2.24, 2.45) is 0 Å². The van der Waals surface area contributed by atoms with E-state index in [2.05, 4.69) is 5.32 Å². The fraction of sp³-hybridized carbons (Fsp3) is 0.385. The third kappa shape index (κ3) is 4.55. The first-order valence-corrected chi connectivity index (χ1v) is 5.83. The Hall–Kier alpha value is -1.88. The number of hydrogen-bond acceptors (Lipinski definition) is 3. The third-order valence-corrected chi connectivity index (χ3v) is 2.42. The van der Waals surface area contributed by atoms with Crippen LogP contribution in [0.4, 0.5) is 0 Å². The fourth-order valence-electron chi connectivity index (χ4n) is 1.46. The second kappa shape index (κ2) is 7.45. The van der Waals surface area contributed by atoms with Crippen molar-refractivity contribution < 1.29 is 14.7 Å². The van der Waals surface area contributed by atoms with Gasteiger partial charge in [-0.15, -0.1) is 0 Å². The predicted octanol–water partition coefficient (Wildman–Crippen LogP) is 0.144. The molecule has 1 rings (SSSR count). The molecule has 0 bridgehead atoms. The van der Waals surface area contributed by atoms with Crippen molar-refractivity contribution >= 4 is 11.8 Å². The topological polar surface area (TPSA) is 69.6 Å². The minimum absolute atomic E-state index is 0.00563. The second-order valence-corrected chi connectivity index (χ2v) is 3.98. The third-order valence-electron chi connectivity index (χ3n) is 2.42. The van der Waals surface area contributed by atoms with Gasteiger partial charge in [0.25, 0.3) is 0 Å². The Labute approximate surface area is 106 Å². The SMILES string of the molecule is CN(Cc1ccccc1)C(=O)C(=O)NCCCO. The quantitative estimate of drug-likeness (QED) is 0.577. The van der Waals surface area contributed by atoms with E-state index in [-0.39, 0.29) is 6.61 Å². The molecule has 0 spiro atoms. The van der Waals surface area contributed by atoms with Gasteiger partial charge in [0.05, 0.1) is 0 Å². The molecule has 1 aromatic rings. The number of carbonyl (C=O) groups excluding carboxylic acids is 2. The normalized spacial score (nSPS) is 9.89. The molecule has 5 nitrogen and oxygen atoms in total. The summed E-state index contributed by atoms with van der Waals surface area (Å²) in [5, 5.41) is 11.0. The molecule has 0 saturated carbocycles. The van der Waals surface area contributed by atoms with E-state index in [0.29, 0.717) is 19.5 Å². The van der Waals surface area contributed by atoms with Gasteiger partial charge in [-0.05, 0) is 12.0 Å². The van der Waals surface area contributed by atoms with Gasteiger partial charge in [0.2, 0.25) is 0 Å². The lowest BCUT2D eigenvalue weighted by molar-refractivity contribution is -0.145. The van der Waals surface area contributed by atoms with Crippen molar-refractivity contribution in [3.8, 4) is 0 Å². The monoisotopic (exact) mass is 250 g/mol. The van der Waals surface area contributed by atoms with Crippen molar-refractivity contribution in [3.63, 3.8) is 0 Å². The van der Waals surface area contributed by atoms with Crippen molar-refractivity contribution in [2.45, 2.75) is 13.0 Å². The Kier molecular flexibility index (Phi) is 5.87. The molecular formula is C13H18N2O3. The molecule has 1 aromatic carbocycles. The maximum atomic E-state index is 11.7. The smallest absolute Gasteiger partial charge is 0.311 e. The number of nitrogens with zero attached hydrogens (tertiary/aromatic N) is 1. The largest absolute Gasteiger partial charge is 0.396 e. The van der Waals surface area contributed by atoms with Gasteiger partial charge in [-0.2, -0.15) is 0 Å². The molecule has 5 heteroatoms. The fourth-order valence-corrected chi connectivity index (χ4v) is 1.46. The zero-order chi connectivity index (χ0) is 13.4. The summed E-state index contributed by atoms with van der Waals surface area (Å²) >= 11 is 0. The molecule has 0 aliphatic rings. The number of carbonyl (C=O) groups is 2. The van der Waals surface area contributed by atoms with Crippen molar-refractivity contribution in [1.29, 1.82) is 0 Å². The maximum absolute atomic E-state index is 11.7. The molecule has 0 aliphatic heterocycles. The first kappa shape index (κ1) is 14.2. The maximum Gasteiger partial charge on any atom is 0.311 e. The van der Waals surface area contributed by atoms with E-state index in [4.69, 9.17) is 5.11 Å². The van der Waals surface area contributed by atoms with Crippen LogP contribution in [0.1, 0.15) is 12.0 Å². The molecule has 0 atom stereocenters. The Balaban J connectivity index is 2.43. The molecule has 0 aromatic heterocycles. The van der Waals surface area contributed by atoms with E-state index in [0.717, 1.165) is 5.56 Å². The van der Waals surface area contributed by atoms with E-state index in [1.165, 1.54) is 4.90 Å². The number of nitrogens with one attached hydrogen (secondary N) is 1. The zero-order valence-electron chi connectivity index (χ0n) is 10.4. The standard InChI is InChI=1S/C13H18N2O3/c1-15(10-11-6-3-2-4-7-11)13(18)12(17)14-8-5-9-16/h2-4,6-7,16H,5,8-10H2,1H3,(H,14,17). The number of aliphatic hydroxyl groups is 1. The van der Waals surface area contributed by atoms with Crippen LogP contribution in [0.3, 0.4) is 0 Å². The molecule has 0 aliphatic carbocycles. The Morgan fingerprint density at radius 1 is 1.28 bits per heavy atom. The molecular weight excluding hydrogens is 232 g/mol. The molecule has 0 heterocycles. The zero-order valence-corrected chi connectivity index (χ0v) is 10.4. The van der Waals surface area contributed by atoms with Crippen molar-refractivity contribution in [3.05, 3.63) is 35.9 Å². The van der Waals surface area contributed by atoms with Gasteiger partial charge in [0.1, 0.15) is 0 Å². The van der Waals surface area contributed by atoms with E-state index < -0.39 is 11.8 Å². The van der Waals surface area contributed by atoms with Crippen LogP contribution in [0.2, 0.25) is 0 Å². The highest BCUT2D eigenvalue weighted by Gasteiger charge is 2.17. The van der Waals surface area contributed by atoms with Crippen LogP contribution < -0.4 is 5.32 Å². The molecule has 18 heavy (non-hydrogen) atoms. The van der Waals surface area contributed by atoms with Crippen molar-refractivity contribution in [1.82, 2.24) is 10.2 Å². The van der Waals surface area contributed by atoms with Crippen LogP contribution in [-0.2, 0) is 16.1 Å². The van der Waals surface area contributed by atoms with Crippen LogP contribution in [-0.4, -0.2) is 42.0 Å². The number of hydrogen-bond donors (Lipinski definition) is 2. The number of likely N-dealkylation sites (N-methyl/N-ethyl adjacent to an activating group) is 1.